The van der Waals surface area contributed by atoms with Crippen LogP contribution in [-0.4, -0.2) is 50.9 Å². The lowest BCUT2D eigenvalue weighted by atomic mass is 10.0. The minimum atomic E-state index is -2.57. The molecule has 40 heavy (non-hydrogen) atoms. The Morgan fingerprint density at radius 1 is 0.500 bits per heavy atom. The molecule has 2 aliphatic heterocycles. The molecule has 0 amide bonds. The van der Waals surface area contributed by atoms with Gasteiger partial charge < -0.3 is 8.85 Å². The second-order valence-corrected chi connectivity index (χ2v) is 18.8. The average molecular weight is 608 g/mol. The molecule has 0 aromatic heterocycles. The van der Waals surface area contributed by atoms with E-state index < -0.39 is 15.6 Å². The topological polar surface area (TPSA) is 24.9 Å². The van der Waals surface area contributed by atoms with E-state index in [0.29, 0.717) is 0 Å². The minimum absolute atomic E-state index is 0.0329. The van der Waals surface area contributed by atoms with Gasteiger partial charge in [0.25, 0.3) is 0 Å². The molecule has 0 unspecified atom stereocenters. The number of likely N-dealkylation sites (N-methyl/N-ethyl adjacent to an activating group) is 2. The van der Waals surface area contributed by atoms with E-state index in [2.05, 4.69) is 85.6 Å². The van der Waals surface area contributed by atoms with Crippen molar-refractivity contribution in [1.82, 2.24) is 9.13 Å². The van der Waals surface area contributed by atoms with Gasteiger partial charge in [0.1, 0.15) is 0 Å². The van der Waals surface area contributed by atoms with Gasteiger partial charge in [0.15, 0.2) is 0 Å². The van der Waals surface area contributed by atoms with Crippen molar-refractivity contribution in [3.05, 3.63) is 132 Å². The van der Waals surface area contributed by atoms with Gasteiger partial charge in [0.05, 0.1) is 12.2 Å². The normalized spacial score (nSPS) is 30.6. The zero-order valence-corrected chi connectivity index (χ0v) is 26.8. The van der Waals surface area contributed by atoms with Gasteiger partial charge in [0.2, 0.25) is 0 Å². The monoisotopic (exact) mass is 606 g/mol. The van der Waals surface area contributed by atoms with E-state index in [1.165, 1.54) is 11.1 Å². The first-order valence-corrected chi connectivity index (χ1v) is 19.4. The van der Waals surface area contributed by atoms with Crippen LogP contribution in [0.4, 0.5) is 0 Å². The van der Waals surface area contributed by atoms with Crippen molar-refractivity contribution in [1.29, 1.82) is 0 Å². The number of hydrogen-bond acceptors (Lipinski definition) is 4. The lowest BCUT2D eigenvalue weighted by Gasteiger charge is -2.26. The van der Waals surface area contributed by atoms with Crippen LogP contribution in [0, 0.1) is 0 Å². The van der Waals surface area contributed by atoms with E-state index in [0.717, 1.165) is 10.4 Å². The quantitative estimate of drug-likeness (QED) is 0.200. The van der Waals surface area contributed by atoms with Crippen LogP contribution < -0.4 is 10.4 Å². The van der Waals surface area contributed by atoms with Crippen LogP contribution in [0.25, 0.3) is 0 Å². The Morgan fingerprint density at radius 2 is 0.775 bits per heavy atom. The molecule has 0 aliphatic carbocycles. The van der Waals surface area contributed by atoms with Crippen molar-refractivity contribution in [2.45, 2.75) is 38.1 Å². The largest absolute Gasteiger partial charge is 0.408 e. The highest BCUT2D eigenvalue weighted by Crippen LogP contribution is 2.40. The van der Waals surface area contributed by atoms with Crippen LogP contribution in [0.15, 0.2) is 121 Å². The maximum Gasteiger partial charge on any atom is 0.408 e. The molecule has 0 N–H and O–H groups in total. The maximum atomic E-state index is 6.93. The van der Waals surface area contributed by atoms with Gasteiger partial charge in [-0.25, -0.2) is 0 Å². The molecule has 2 aliphatic rings. The maximum absolute atomic E-state index is 6.93. The lowest BCUT2D eigenvalue weighted by Crippen LogP contribution is -2.55. The number of halogens is 2. The first-order chi connectivity index (χ1) is 19.3. The number of rotatable bonds is 4. The Hall–Kier alpha value is -2.27. The van der Waals surface area contributed by atoms with Gasteiger partial charge in [-0.2, -0.15) is 0 Å². The van der Waals surface area contributed by atoms with E-state index in [9.17, 15) is 0 Å². The Bertz CT molecular complexity index is 1270. The van der Waals surface area contributed by atoms with Crippen molar-refractivity contribution in [3.63, 3.8) is 0 Å². The molecule has 4 nitrogen and oxygen atoms in total. The van der Waals surface area contributed by atoms with Gasteiger partial charge in [-0.05, 0) is 49.4 Å². The predicted molar refractivity (Wildman–Crippen MR) is 170 cm³/mol. The highest BCUT2D eigenvalue weighted by Gasteiger charge is 2.54. The minimum Gasteiger partial charge on any atom is -0.380 e. The highest BCUT2D eigenvalue weighted by atomic mass is 35.6. The molecule has 4 aromatic carbocycles. The summed E-state index contributed by atoms with van der Waals surface area (Å²) in [6.07, 6.45) is 0.0659. The van der Waals surface area contributed by atoms with E-state index in [-0.39, 0.29) is 24.3 Å². The average Bonchev–Trinajstić information content (AvgIpc) is 3.40. The Labute approximate surface area is 249 Å². The Balaban J connectivity index is 0.000000161. The van der Waals surface area contributed by atoms with Gasteiger partial charge >= 0.3 is 15.6 Å². The Morgan fingerprint density at radius 3 is 1.07 bits per heavy atom. The van der Waals surface area contributed by atoms with Crippen LogP contribution in [0.5, 0.6) is 0 Å². The molecule has 0 radical (unpaired) electrons. The molecule has 8 heteroatoms. The van der Waals surface area contributed by atoms with Crippen LogP contribution in [-0.2, 0) is 8.85 Å². The van der Waals surface area contributed by atoms with Crippen molar-refractivity contribution in [2.75, 3.05) is 14.1 Å². The molecule has 2 heterocycles. The van der Waals surface area contributed by atoms with Gasteiger partial charge in [-0.15, -0.1) is 22.2 Å². The van der Waals surface area contributed by atoms with Crippen LogP contribution in [0.3, 0.4) is 0 Å². The number of nitrogens with zero attached hydrogens (tertiary/aromatic N) is 2. The molecular weight excluding hydrogens is 571 g/mol. The SMILES string of the molecule is C[C@H]1[C@H](c2ccccc2)O[Si@@](Cl)(c2ccccc2)N1C.C[C@H]1[C@H](c2ccccc2)O[Si@](Cl)(c2ccccc2)N1C. The van der Waals surface area contributed by atoms with E-state index in [1.54, 1.807) is 0 Å². The standard InChI is InChI=1S/2C16H18ClNOSi/c2*1-13-16(14-9-5-3-6-10-14)19-20(17,18(13)2)15-11-7-4-8-12-15/h2*3-13,16H,1-2H3/t13-,16+,20+;13-,16+,20-/m00/s1. The number of hydrogen-bond donors (Lipinski definition) is 0. The lowest BCUT2D eigenvalue weighted by molar-refractivity contribution is 0.209. The third-order valence-electron chi connectivity index (χ3n) is 8.09. The summed E-state index contributed by atoms with van der Waals surface area (Å²) < 4.78 is 17.2. The van der Waals surface area contributed by atoms with Gasteiger partial charge in [-0.3, -0.25) is 9.13 Å². The number of benzene rings is 4. The molecule has 6 rings (SSSR count). The van der Waals surface area contributed by atoms with Crippen LogP contribution in [0.2, 0.25) is 0 Å². The Kier molecular flexibility index (Phi) is 9.00. The van der Waals surface area contributed by atoms with Crippen molar-refractivity contribution in [3.8, 4) is 0 Å². The molecule has 208 valence electrons. The van der Waals surface area contributed by atoms with E-state index >= 15 is 0 Å². The summed E-state index contributed by atoms with van der Waals surface area (Å²) in [5, 5.41) is 2.21. The van der Waals surface area contributed by atoms with E-state index in [4.69, 9.17) is 31.0 Å². The van der Waals surface area contributed by atoms with Crippen LogP contribution in [0.1, 0.15) is 37.2 Å². The molecule has 6 atom stereocenters. The molecule has 0 bridgehead atoms. The smallest absolute Gasteiger partial charge is 0.380 e. The summed E-state index contributed by atoms with van der Waals surface area (Å²) in [5.74, 6) is 0. The molecule has 0 saturated carbocycles. The zero-order valence-electron chi connectivity index (χ0n) is 23.3. The predicted octanol–water partition coefficient (Wildman–Crippen LogP) is 6.33. The fraction of sp³-hybridized carbons (Fsp3) is 0.250. The first kappa shape index (κ1) is 29.2. The van der Waals surface area contributed by atoms with Gasteiger partial charge in [-0.1, -0.05) is 121 Å². The molecule has 2 saturated heterocycles. The molecule has 4 aromatic rings. The highest BCUT2D eigenvalue weighted by molar-refractivity contribution is 7.23. The van der Waals surface area contributed by atoms with Crippen molar-refractivity contribution < 1.29 is 8.85 Å². The van der Waals surface area contributed by atoms with Crippen LogP contribution >= 0.6 is 22.2 Å². The molecule has 0 spiro atoms. The third-order valence-corrected chi connectivity index (χ3v) is 17.4. The van der Waals surface area contributed by atoms with Crippen molar-refractivity contribution in [2.24, 2.45) is 0 Å². The molecule has 2 fully saturated rings. The van der Waals surface area contributed by atoms with Crippen molar-refractivity contribution >= 4 is 48.1 Å². The first-order valence-electron chi connectivity index (χ1n) is 13.7. The second kappa shape index (κ2) is 12.3. The summed E-state index contributed by atoms with van der Waals surface area (Å²) in [5.41, 5.74) is 2.38. The third kappa shape index (κ3) is 5.60. The second-order valence-electron chi connectivity index (χ2n) is 10.5. The molecular formula is C32H36Cl2N2O2Si2. The van der Waals surface area contributed by atoms with Gasteiger partial charge in [0, 0.05) is 12.1 Å². The summed E-state index contributed by atoms with van der Waals surface area (Å²) in [4.78, 5) is 0. The fourth-order valence-electron chi connectivity index (χ4n) is 5.44. The summed E-state index contributed by atoms with van der Waals surface area (Å²) >= 11 is 13.9. The summed E-state index contributed by atoms with van der Waals surface area (Å²) in [6, 6.07) is 41.5. The summed E-state index contributed by atoms with van der Waals surface area (Å²) in [6.45, 7) is 4.36. The van der Waals surface area contributed by atoms with E-state index in [1.807, 2.05) is 72.8 Å². The summed E-state index contributed by atoms with van der Waals surface area (Å²) in [7, 11) is -1.000. The zero-order chi connectivity index (χ0) is 28.3. The fourth-order valence-corrected chi connectivity index (χ4v) is 13.0.